The van der Waals surface area contributed by atoms with Crippen LogP contribution in [-0.2, 0) is 11.3 Å². The third kappa shape index (κ3) is 6.12. The largest absolute Gasteiger partial charge is 0.465 e. The summed E-state index contributed by atoms with van der Waals surface area (Å²) >= 11 is 0. The second-order valence-corrected chi connectivity index (χ2v) is 10.7. The van der Waals surface area contributed by atoms with Gasteiger partial charge in [-0.15, -0.1) is 0 Å². The maximum atomic E-state index is 13.7. The highest BCUT2D eigenvalue weighted by Gasteiger charge is 2.36. The van der Waals surface area contributed by atoms with Gasteiger partial charge in [0.1, 0.15) is 17.2 Å². The van der Waals surface area contributed by atoms with Crippen LogP contribution in [-0.4, -0.2) is 61.5 Å². The Morgan fingerprint density at radius 2 is 1.97 bits per heavy atom. The van der Waals surface area contributed by atoms with Crippen LogP contribution >= 0.6 is 0 Å². The van der Waals surface area contributed by atoms with Crippen LogP contribution in [0, 0.1) is 0 Å². The van der Waals surface area contributed by atoms with Crippen LogP contribution in [0.4, 0.5) is 21.2 Å². The lowest BCUT2D eigenvalue weighted by molar-refractivity contribution is 0.0538. The summed E-state index contributed by atoms with van der Waals surface area (Å²) in [6, 6.07) is 11.4. The normalized spacial score (nSPS) is 16.2. The number of likely N-dealkylation sites (tertiary alicyclic amines) is 1. The SMILES string of the molecule is CC(C)c1cnn2c(N(C(=O)OC(C)(C)C)[C@@H]3CCCN(C(=O)O)C3)cc(NCc3ccccc3)nc12. The molecule has 1 aliphatic rings. The molecule has 3 heterocycles. The Labute approximate surface area is 217 Å². The molecule has 10 heteroatoms. The number of nitrogens with zero attached hydrogens (tertiary/aromatic N) is 5. The average Bonchev–Trinajstić information content (AvgIpc) is 3.27. The summed E-state index contributed by atoms with van der Waals surface area (Å²) in [6.45, 7) is 10.7. The van der Waals surface area contributed by atoms with Gasteiger partial charge in [-0.1, -0.05) is 44.2 Å². The topological polar surface area (TPSA) is 112 Å². The molecule has 3 aromatic rings. The Balaban J connectivity index is 1.81. The number of nitrogens with one attached hydrogen (secondary N) is 1. The molecule has 4 rings (SSSR count). The maximum absolute atomic E-state index is 13.7. The van der Waals surface area contributed by atoms with Crippen molar-refractivity contribution in [2.45, 2.75) is 71.6 Å². The first kappa shape index (κ1) is 26.2. The minimum Gasteiger partial charge on any atom is -0.465 e. The Morgan fingerprint density at radius 3 is 2.62 bits per heavy atom. The summed E-state index contributed by atoms with van der Waals surface area (Å²) in [5.74, 6) is 1.24. The molecule has 0 aliphatic carbocycles. The smallest absolute Gasteiger partial charge is 0.416 e. The van der Waals surface area contributed by atoms with E-state index in [0.29, 0.717) is 43.2 Å². The molecule has 2 aromatic heterocycles. The van der Waals surface area contributed by atoms with Crippen LogP contribution in [0.1, 0.15) is 64.5 Å². The minimum atomic E-state index is -1.000. The fourth-order valence-corrected chi connectivity index (χ4v) is 4.50. The van der Waals surface area contributed by atoms with E-state index >= 15 is 0 Å². The molecule has 0 bridgehead atoms. The summed E-state index contributed by atoms with van der Waals surface area (Å²) in [6.07, 6.45) is 1.50. The summed E-state index contributed by atoms with van der Waals surface area (Å²) in [4.78, 5) is 33.2. The van der Waals surface area contributed by atoms with Crippen molar-refractivity contribution in [3.05, 3.63) is 53.7 Å². The van der Waals surface area contributed by atoms with Crippen LogP contribution in [0.15, 0.2) is 42.6 Å². The molecule has 0 unspecified atom stereocenters. The number of carbonyl (C=O) groups excluding carboxylic acids is 1. The lowest BCUT2D eigenvalue weighted by Crippen LogP contribution is -2.53. The zero-order chi connectivity index (χ0) is 26.7. The molecule has 0 radical (unpaired) electrons. The highest BCUT2D eigenvalue weighted by Crippen LogP contribution is 2.31. The van der Waals surface area contributed by atoms with Crippen LogP contribution in [0.25, 0.3) is 5.65 Å². The summed E-state index contributed by atoms with van der Waals surface area (Å²) in [5.41, 5.74) is 1.95. The Kier molecular flexibility index (Phi) is 7.56. The maximum Gasteiger partial charge on any atom is 0.416 e. The number of benzene rings is 1. The van der Waals surface area contributed by atoms with Gasteiger partial charge < -0.3 is 20.1 Å². The van der Waals surface area contributed by atoms with Gasteiger partial charge in [-0.25, -0.2) is 14.6 Å². The first-order chi connectivity index (χ1) is 17.5. The fraction of sp³-hybridized carbons (Fsp3) is 0.481. The number of anilines is 2. The third-order valence-corrected chi connectivity index (χ3v) is 6.29. The molecule has 198 valence electrons. The third-order valence-electron chi connectivity index (χ3n) is 6.29. The number of carbonyl (C=O) groups is 2. The number of amides is 2. The van der Waals surface area contributed by atoms with E-state index in [1.54, 1.807) is 21.7 Å². The van der Waals surface area contributed by atoms with Crippen molar-refractivity contribution in [3.8, 4) is 0 Å². The molecule has 2 amide bonds. The lowest BCUT2D eigenvalue weighted by Gasteiger charge is -2.38. The zero-order valence-corrected chi connectivity index (χ0v) is 22.1. The molecule has 0 saturated carbocycles. The fourth-order valence-electron chi connectivity index (χ4n) is 4.50. The molecule has 37 heavy (non-hydrogen) atoms. The number of fused-ring (bicyclic) bond motifs is 1. The number of rotatable bonds is 6. The predicted octanol–water partition coefficient (Wildman–Crippen LogP) is 5.35. The minimum absolute atomic E-state index is 0.161. The Morgan fingerprint density at radius 1 is 1.24 bits per heavy atom. The van der Waals surface area contributed by atoms with Crippen molar-refractivity contribution >= 4 is 29.5 Å². The summed E-state index contributed by atoms with van der Waals surface area (Å²) < 4.78 is 7.47. The van der Waals surface area contributed by atoms with Gasteiger partial charge in [-0.3, -0.25) is 4.90 Å². The van der Waals surface area contributed by atoms with Gasteiger partial charge in [0.05, 0.1) is 12.2 Å². The van der Waals surface area contributed by atoms with E-state index in [0.717, 1.165) is 11.1 Å². The van der Waals surface area contributed by atoms with Crippen LogP contribution in [0.2, 0.25) is 0 Å². The van der Waals surface area contributed by atoms with Crippen molar-refractivity contribution in [1.29, 1.82) is 0 Å². The first-order valence-electron chi connectivity index (χ1n) is 12.7. The van der Waals surface area contributed by atoms with Crippen molar-refractivity contribution in [2.75, 3.05) is 23.3 Å². The highest BCUT2D eigenvalue weighted by molar-refractivity contribution is 5.89. The number of hydrogen-bond acceptors (Lipinski definition) is 6. The lowest BCUT2D eigenvalue weighted by atomic mass is 10.0. The number of piperidine rings is 1. The Bertz CT molecular complexity index is 1250. The highest BCUT2D eigenvalue weighted by atomic mass is 16.6. The predicted molar refractivity (Wildman–Crippen MR) is 142 cm³/mol. The average molecular weight is 509 g/mol. The van der Waals surface area contributed by atoms with Crippen LogP contribution < -0.4 is 10.2 Å². The van der Waals surface area contributed by atoms with Crippen molar-refractivity contribution in [3.63, 3.8) is 0 Å². The second-order valence-electron chi connectivity index (χ2n) is 10.7. The first-order valence-corrected chi connectivity index (χ1v) is 12.7. The van der Waals surface area contributed by atoms with Crippen molar-refractivity contribution < 1.29 is 19.4 Å². The van der Waals surface area contributed by atoms with Gasteiger partial charge in [0.2, 0.25) is 0 Å². The van der Waals surface area contributed by atoms with Crippen LogP contribution in [0.5, 0.6) is 0 Å². The van der Waals surface area contributed by atoms with E-state index < -0.39 is 23.8 Å². The van der Waals surface area contributed by atoms with Gasteiger partial charge in [0.25, 0.3) is 0 Å². The molecule has 10 nitrogen and oxygen atoms in total. The van der Waals surface area contributed by atoms with Crippen molar-refractivity contribution in [1.82, 2.24) is 19.5 Å². The zero-order valence-electron chi connectivity index (χ0n) is 22.1. The quantitative estimate of drug-likeness (QED) is 0.462. The van der Waals surface area contributed by atoms with Gasteiger partial charge in [0.15, 0.2) is 5.65 Å². The molecule has 1 atom stereocenters. The van der Waals surface area contributed by atoms with E-state index in [-0.39, 0.29) is 12.5 Å². The van der Waals surface area contributed by atoms with Gasteiger partial charge in [-0.2, -0.15) is 9.61 Å². The number of ether oxygens (including phenoxy) is 1. The van der Waals surface area contributed by atoms with E-state index in [2.05, 4.69) is 24.3 Å². The molecule has 1 aromatic carbocycles. The van der Waals surface area contributed by atoms with Crippen molar-refractivity contribution in [2.24, 2.45) is 0 Å². The second kappa shape index (κ2) is 10.7. The summed E-state index contributed by atoms with van der Waals surface area (Å²) in [7, 11) is 0. The standard InChI is InChI=1S/C27H36N6O4/c1-18(2)21-16-29-33-23(14-22(30-24(21)33)28-15-19-10-7-6-8-11-19)32(26(36)37-27(3,4)5)20-12-9-13-31(17-20)25(34)35/h6-8,10-11,14,16,18,20H,9,12-13,15,17H2,1-5H3,(H,28,30)(H,34,35)/t20-/m1/s1. The van der Waals surface area contributed by atoms with E-state index in [1.165, 1.54) is 4.90 Å². The van der Waals surface area contributed by atoms with E-state index in [4.69, 9.17) is 9.72 Å². The molecule has 1 aliphatic heterocycles. The van der Waals surface area contributed by atoms with Crippen LogP contribution in [0.3, 0.4) is 0 Å². The molecular formula is C27H36N6O4. The molecule has 1 saturated heterocycles. The van der Waals surface area contributed by atoms with Gasteiger partial charge >= 0.3 is 12.2 Å². The van der Waals surface area contributed by atoms with Gasteiger partial charge in [0, 0.05) is 31.3 Å². The Hall–Kier alpha value is -3.82. The number of carboxylic acid groups (broad SMARTS) is 1. The number of hydrogen-bond donors (Lipinski definition) is 2. The molecule has 0 spiro atoms. The molecule has 2 N–H and O–H groups in total. The van der Waals surface area contributed by atoms with E-state index in [1.807, 2.05) is 51.1 Å². The molecule has 1 fully saturated rings. The number of aromatic nitrogens is 3. The van der Waals surface area contributed by atoms with E-state index in [9.17, 15) is 14.7 Å². The summed E-state index contributed by atoms with van der Waals surface area (Å²) in [5, 5.41) is 17.6. The molecular weight excluding hydrogens is 472 g/mol. The van der Waals surface area contributed by atoms with Gasteiger partial charge in [-0.05, 0) is 45.1 Å². The monoisotopic (exact) mass is 508 g/mol.